The van der Waals surface area contributed by atoms with Crippen LogP contribution in [0.4, 0.5) is 5.69 Å². The number of carbonyl (C=O) groups is 1. The van der Waals surface area contributed by atoms with Gasteiger partial charge in [-0.1, -0.05) is 66.7 Å². The van der Waals surface area contributed by atoms with Crippen LogP contribution in [0.1, 0.15) is 44.2 Å². The van der Waals surface area contributed by atoms with Crippen LogP contribution in [0.2, 0.25) is 15.1 Å². The Bertz CT molecular complexity index is 974. The summed E-state index contributed by atoms with van der Waals surface area (Å²) in [7, 11) is 0. The van der Waals surface area contributed by atoms with Crippen molar-refractivity contribution in [2.24, 2.45) is 11.0 Å². The summed E-state index contributed by atoms with van der Waals surface area (Å²) in [5, 5.41) is 10.3. The molecule has 0 aromatic heterocycles. The Morgan fingerprint density at radius 2 is 1.59 bits per heavy atom. The van der Waals surface area contributed by atoms with Crippen LogP contribution in [0.3, 0.4) is 0 Å². The fourth-order valence-corrected chi connectivity index (χ4v) is 4.85. The van der Waals surface area contributed by atoms with Crippen LogP contribution < -0.4 is 10.4 Å². The molecule has 172 valence electrons. The van der Waals surface area contributed by atoms with E-state index < -0.39 is 0 Å². The molecular weight excluding hydrogens is 490 g/mol. The van der Waals surface area contributed by atoms with Crippen molar-refractivity contribution in [2.45, 2.75) is 38.6 Å². The lowest BCUT2D eigenvalue weighted by molar-refractivity contribution is -0.119. The van der Waals surface area contributed by atoms with Crippen LogP contribution in [0.25, 0.3) is 0 Å². The molecule has 2 aliphatic rings. The number of amides is 1. The van der Waals surface area contributed by atoms with Gasteiger partial charge in [0.05, 0.1) is 16.8 Å². The van der Waals surface area contributed by atoms with Crippen molar-refractivity contribution < 1.29 is 4.79 Å². The molecule has 2 aromatic carbocycles. The van der Waals surface area contributed by atoms with Gasteiger partial charge in [-0.2, -0.15) is 5.10 Å². The zero-order valence-corrected chi connectivity index (χ0v) is 20.8. The van der Waals surface area contributed by atoms with E-state index in [1.807, 2.05) is 47.3 Å². The number of hydrogen-bond acceptors (Lipinski definition) is 4. The average Bonchev–Trinajstić information content (AvgIpc) is 2.89. The first-order valence-electron chi connectivity index (χ1n) is 10.6. The second-order valence-electron chi connectivity index (χ2n) is 8.05. The first kappa shape index (κ1) is 25.1. The van der Waals surface area contributed by atoms with Crippen molar-refractivity contribution in [3.63, 3.8) is 0 Å². The number of carbonyl (C=O) groups excluding carboxylic acids is 1. The Hall–Kier alpha value is -1.50. The number of halogens is 4. The molecule has 0 radical (unpaired) electrons. The van der Waals surface area contributed by atoms with E-state index in [-0.39, 0.29) is 30.3 Å². The molecule has 0 aliphatic carbocycles. The van der Waals surface area contributed by atoms with Crippen LogP contribution in [0.5, 0.6) is 0 Å². The van der Waals surface area contributed by atoms with E-state index in [1.54, 1.807) is 12.1 Å². The highest BCUT2D eigenvalue weighted by Crippen LogP contribution is 2.42. The number of hydrazone groups is 1. The molecule has 1 N–H and O–H groups in total. The monoisotopic (exact) mass is 514 g/mol. The molecule has 2 aromatic rings. The summed E-state index contributed by atoms with van der Waals surface area (Å²) in [6, 6.07) is 12.7. The molecule has 2 atom stereocenters. The minimum absolute atomic E-state index is 0. The molecule has 0 unspecified atom stereocenters. The van der Waals surface area contributed by atoms with Crippen molar-refractivity contribution in [3.05, 3.63) is 63.1 Å². The van der Waals surface area contributed by atoms with E-state index in [0.29, 0.717) is 26.5 Å². The summed E-state index contributed by atoms with van der Waals surface area (Å²) >= 11 is 18.7. The zero-order valence-electron chi connectivity index (χ0n) is 17.7. The molecule has 5 nitrogen and oxygen atoms in total. The first-order valence-corrected chi connectivity index (χ1v) is 11.7. The lowest BCUT2D eigenvalue weighted by Crippen LogP contribution is -2.46. The normalized spacial score (nSPS) is 21.5. The van der Waals surface area contributed by atoms with Crippen molar-refractivity contribution in [3.8, 4) is 0 Å². The molecule has 32 heavy (non-hydrogen) atoms. The second kappa shape index (κ2) is 11.1. The molecule has 0 saturated carbocycles. The lowest BCUT2D eigenvalue weighted by atomic mass is 9.91. The third-order valence-electron chi connectivity index (χ3n) is 5.85. The van der Waals surface area contributed by atoms with Crippen molar-refractivity contribution in [2.75, 3.05) is 18.1 Å². The fraction of sp³-hybridized carbons (Fsp3) is 0.391. The number of hydrogen-bond donors (Lipinski definition) is 1. The molecule has 4 rings (SSSR count). The Kier molecular flexibility index (Phi) is 8.70. The van der Waals surface area contributed by atoms with Gasteiger partial charge in [-0.15, -0.1) is 12.4 Å². The van der Waals surface area contributed by atoms with Crippen molar-refractivity contribution >= 4 is 64.5 Å². The van der Waals surface area contributed by atoms with Crippen molar-refractivity contribution in [1.29, 1.82) is 0 Å². The van der Waals surface area contributed by atoms with E-state index in [0.717, 1.165) is 31.5 Å². The van der Waals surface area contributed by atoms with Gasteiger partial charge in [-0.25, -0.2) is 5.01 Å². The average molecular weight is 516 g/mol. The van der Waals surface area contributed by atoms with Gasteiger partial charge >= 0.3 is 0 Å². The quantitative estimate of drug-likeness (QED) is 0.503. The number of anilines is 1. The van der Waals surface area contributed by atoms with E-state index in [2.05, 4.69) is 5.43 Å². The molecule has 1 amide bonds. The fourth-order valence-electron chi connectivity index (χ4n) is 4.23. The molecule has 9 heteroatoms. The summed E-state index contributed by atoms with van der Waals surface area (Å²) in [5.74, 6) is -0.319. The van der Waals surface area contributed by atoms with Gasteiger partial charge in [0, 0.05) is 29.1 Å². The molecule has 2 aliphatic heterocycles. The van der Waals surface area contributed by atoms with Gasteiger partial charge in [-0.05, 0) is 48.7 Å². The third kappa shape index (κ3) is 5.52. The Morgan fingerprint density at radius 1 is 0.969 bits per heavy atom. The molecule has 0 spiro atoms. The van der Waals surface area contributed by atoms with Crippen LogP contribution >= 0.6 is 47.2 Å². The molecular formula is C23H26Cl4N4O. The maximum absolute atomic E-state index is 13.2. The Balaban J connectivity index is 0.00000289. The molecule has 0 bridgehead atoms. The molecule has 2 heterocycles. The maximum atomic E-state index is 13.2. The number of rotatable bonds is 4. The summed E-state index contributed by atoms with van der Waals surface area (Å²) < 4.78 is 0. The maximum Gasteiger partial charge on any atom is 0.282 e. The van der Waals surface area contributed by atoms with Gasteiger partial charge in [0.1, 0.15) is 5.71 Å². The highest BCUT2D eigenvalue weighted by atomic mass is 35.5. The van der Waals surface area contributed by atoms with E-state index in [9.17, 15) is 4.79 Å². The predicted molar refractivity (Wildman–Crippen MR) is 135 cm³/mol. The minimum Gasteiger partial charge on any atom is -0.284 e. The van der Waals surface area contributed by atoms with Gasteiger partial charge in [0.2, 0.25) is 0 Å². The highest BCUT2D eigenvalue weighted by Gasteiger charge is 2.40. The Labute approximate surface area is 210 Å². The van der Waals surface area contributed by atoms with Crippen molar-refractivity contribution in [1.82, 2.24) is 10.4 Å². The smallest absolute Gasteiger partial charge is 0.282 e. The van der Waals surface area contributed by atoms with Crippen LogP contribution in [-0.4, -0.2) is 29.7 Å². The predicted octanol–water partition coefficient (Wildman–Crippen LogP) is 6.53. The summed E-state index contributed by atoms with van der Waals surface area (Å²) in [4.78, 5) is 13.2. The van der Waals surface area contributed by atoms with Crippen LogP contribution in [-0.2, 0) is 4.79 Å². The minimum atomic E-state index is -0.194. The number of nitrogens with one attached hydrogen (secondary N) is 1. The van der Waals surface area contributed by atoms with Gasteiger partial charge in [0.25, 0.3) is 5.91 Å². The van der Waals surface area contributed by atoms with E-state index in [4.69, 9.17) is 39.9 Å². The third-order valence-corrected chi connectivity index (χ3v) is 6.64. The molecule has 1 saturated heterocycles. The van der Waals surface area contributed by atoms with Crippen LogP contribution in [0, 0.1) is 5.92 Å². The lowest BCUT2D eigenvalue weighted by Gasteiger charge is -2.27. The standard InChI is InChI=1S/C23H25Cl3N4O.ClH/c1-15-21(23(31)28-29-12-4-2-3-5-13-29)27-30(20-11-10-18(25)14-19(20)26)22(15)16-6-8-17(24)9-7-16;/h6-11,14-15,22H,2-5,12-13H2,1H3,(H,28,31);1H/t15-,22-;/m1./s1. The topological polar surface area (TPSA) is 47.9 Å². The number of hydrazine groups is 1. The summed E-state index contributed by atoms with van der Waals surface area (Å²) in [6.07, 6.45) is 4.57. The van der Waals surface area contributed by atoms with Gasteiger partial charge in [0.15, 0.2) is 0 Å². The first-order chi connectivity index (χ1) is 14.9. The summed E-state index contributed by atoms with van der Waals surface area (Å²) in [5.41, 5.74) is 5.26. The Morgan fingerprint density at radius 3 is 2.22 bits per heavy atom. The molecule has 1 fully saturated rings. The zero-order chi connectivity index (χ0) is 22.0. The van der Waals surface area contributed by atoms with Crippen LogP contribution in [0.15, 0.2) is 47.6 Å². The second-order valence-corrected chi connectivity index (χ2v) is 9.33. The number of nitrogens with zero attached hydrogens (tertiary/aromatic N) is 3. The SMILES string of the molecule is C[C@@H]1C(C(=O)NN2CCCCCC2)=NN(c2ccc(Cl)cc2Cl)[C@H]1c1ccc(Cl)cc1.Cl. The highest BCUT2D eigenvalue weighted by molar-refractivity contribution is 6.41. The van der Waals surface area contributed by atoms with E-state index >= 15 is 0 Å². The van der Waals surface area contributed by atoms with Gasteiger partial charge in [-0.3, -0.25) is 15.2 Å². The largest absolute Gasteiger partial charge is 0.284 e. The van der Waals surface area contributed by atoms with Gasteiger partial charge < -0.3 is 0 Å². The number of benzene rings is 2. The van der Waals surface area contributed by atoms with E-state index in [1.165, 1.54) is 12.8 Å². The summed E-state index contributed by atoms with van der Waals surface area (Å²) in [6.45, 7) is 3.74.